The van der Waals surface area contributed by atoms with Gasteiger partial charge < -0.3 is 5.11 Å². The maximum Gasteiger partial charge on any atom is 0.0710 e. The summed E-state index contributed by atoms with van der Waals surface area (Å²) in [5.74, 6) is 3.38. The number of benzene rings is 1. The summed E-state index contributed by atoms with van der Waals surface area (Å²) in [6.45, 7) is 4.30. The SMILES string of the molecule is CCC(O)(CC)[C@H]1C=C(c2ccccc2)C=C[C@@H]1C1CC2CCC1C2. The van der Waals surface area contributed by atoms with Crippen LogP contribution in [0.3, 0.4) is 0 Å². The van der Waals surface area contributed by atoms with Crippen LogP contribution < -0.4 is 0 Å². The van der Waals surface area contributed by atoms with Crippen LogP contribution in [-0.2, 0) is 0 Å². The van der Waals surface area contributed by atoms with E-state index in [1.165, 1.54) is 36.8 Å². The summed E-state index contributed by atoms with van der Waals surface area (Å²) in [5.41, 5.74) is 1.96. The summed E-state index contributed by atoms with van der Waals surface area (Å²) in [7, 11) is 0. The van der Waals surface area contributed by atoms with Gasteiger partial charge in [0.25, 0.3) is 0 Å². The Morgan fingerprint density at radius 2 is 1.80 bits per heavy atom. The first-order valence-corrected chi connectivity index (χ1v) is 10.3. The van der Waals surface area contributed by atoms with Gasteiger partial charge in [-0.25, -0.2) is 0 Å². The second kappa shape index (κ2) is 6.76. The van der Waals surface area contributed by atoms with Gasteiger partial charge in [-0.15, -0.1) is 0 Å². The Balaban J connectivity index is 1.68. The molecule has 0 amide bonds. The molecule has 2 saturated carbocycles. The van der Waals surface area contributed by atoms with Crippen LogP contribution in [0.5, 0.6) is 0 Å². The molecule has 0 spiro atoms. The van der Waals surface area contributed by atoms with Crippen LogP contribution >= 0.6 is 0 Å². The van der Waals surface area contributed by atoms with E-state index in [-0.39, 0.29) is 5.92 Å². The van der Waals surface area contributed by atoms with Gasteiger partial charge >= 0.3 is 0 Å². The molecule has 2 fully saturated rings. The van der Waals surface area contributed by atoms with E-state index in [4.69, 9.17) is 0 Å². The summed E-state index contributed by atoms with van der Waals surface area (Å²) in [4.78, 5) is 0. The molecule has 25 heavy (non-hydrogen) atoms. The van der Waals surface area contributed by atoms with Crippen LogP contribution in [0.25, 0.3) is 5.57 Å². The lowest BCUT2D eigenvalue weighted by molar-refractivity contribution is -0.0351. The predicted octanol–water partition coefficient (Wildman–Crippen LogP) is 5.86. The molecule has 3 unspecified atom stereocenters. The minimum Gasteiger partial charge on any atom is -0.389 e. The monoisotopic (exact) mass is 336 g/mol. The molecule has 3 aliphatic rings. The lowest BCUT2D eigenvalue weighted by atomic mass is 9.64. The van der Waals surface area contributed by atoms with Gasteiger partial charge in [0, 0.05) is 5.92 Å². The third-order valence-electron chi connectivity index (χ3n) is 7.51. The molecule has 0 aliphatic heterocycles. The molecule has 1 aromatic carbocycles. The molecule has 5 atom stereocenters. The maximum absolute atomic E-state index is 11.4. The minimum absolute atomic E-state index is 0.243. The van der Waals surface area contributed by atoms with Crippen molar-refractivity contribution in [3.05, 3.63) is 54.1 Å². The van der Waals surface area contributed by atoms with Crippen molar-refractivity contribution >= 4 is 5.57 Å². The summed E-state index contributed by atoms with van der Waals surface area (Å²) in [6, 6.07) is 10.6. The van der Waals surface area contributed by atoms with Crippen LogP contribution in [0.15, 0.2) is 48.6 Å². The second-order valence-electron chi connectivity index (χ2n) is 8.60. The summed E-state index contributed by atoms with van der Waals surface area (Å²) < 4.78 is 0. The first-order valence-electron chi connectivity index (χ1n) is 10.3. The molecule has 1 N–H and O–H groups in total. The van der Waals surface area contributed by atoms with E-state index in [0.29, 0.717) is 5.92 Å². The van der Waals surface area contributed by atoms with E-state index in [0.717, 1.165) is 30.6 Å². The first-order chi connectivity index (χ1) is 12.1. The highest BCUT2D eigenvalue weighted by Crippen LogP contribution is 2.55. The largest absolute Gasteiger partial charge is 0.389 e. The van der Waals surface area contributed by atoms with Crippen LogP contribution in [0.4, 0.5) is 0 Å². The zero-order valence-electron chi connectivity index (χ0n) is 15.7. The van der Waals surface area contributed by atoms with Crippen LogP contribution in [0, 0.1) is 29.6 Å². The van der Waals surface area contributed by atoms with E-state index in [1.807, 2.05) is 0 Å². The molecule has 2 bridgehead atoms. The van der Waals surface area contributed by atoms with Crippen molar-refractivity contribution in [3.8, 4) is 0 Å². The molecular formula is C24H32O. The molecule has 4 rings (SSSR count). The number of aliphatic hydroxyl groups is 1. The number of fused-ring (bicyclic) bond motifs is 2. The summed E-state index contributed by atoms with van der Waals surface area (Å²) in [6.07, 6.45) is 14.5. The van der Waals surface area contributed by atoms with Gasteiger partial charge in [-0.2, -0.15) is 0 Å². The molecule has 0 aromatic heterocycles. The number of hydrogen-bond acceptors (Lipinski definition) is 1. The zero-order chi connectivity index (χ0) is 17.4. The summed E-state index contributed by atoms with van der Waals surface area (Å²) in [5, 5.41) is 11.4. The number of allylic oxidation sites excluding steroid dienone is 3. The van der Waals surface area contributed by atoms with Crippen molar-refractivity contribution in [1.82, 2.24) is 0 Å². The number of hydrogen-bond donors (Lipinski definition) is 1. The van der Waals surface area contributed by atoms with Gasteiger partial charge in [0.2, 0.25) is 0 Å². The van der Waals surface area contributed by atoms with Crippen LogP contribution in [0.2, 0.25) is 0 Å². The Bertz CT molecular complexity index is 652. The van der Waals surface area contributed by atoms with Crippen molar-refractivity contribution in [3.63, 3.8) is 0 Å². The lowest BCUT2D eigenvalue weighted by Gasteiger charge is -2.43. The molecule has 0 radical (unpaired) electrons. The predicted molar refractivity (Wildman–Crippen MR) is 105 cm³/mol. The van der Waals surface area contributed by atoms with E-state index >= 15 is 0 Å². The van der Waals surface area contributed by atoms with Gasteiger partial charge in [-0.05, 0) is 66.9 Å². The van der Waals surface area contributed by atoms with E-state index in [1.54, 1.807) is 0 Å². The molecule has 3 aliphatic carbocycles. The Morgan fingerprint density at radius 3 is 2.40 bits per heavy atom. The van der Waals surface area contributed by atoms with Crippen LogP contribution in [0.1, 0.15) is 57.9 Å². The van der Waals surface area contributed by atoms with E-state index < -0.39 is 5.60 Å². The smallest absolute Gasteiger partial charge is 0.0710 e. The lowest BCUT2D eigenvalue weighted by Crippen LogP contribution is -2.43. The Kier molecular flexibility index (Phi) is 4.62. The quantitative estimate of drug-likeness (QED) is 0.714. The van der Waals surface area contributed by atoms with Gasteiger partial charge in [-0.3, -0.25) is 0 Å². The van der Waals surface area contributed by atoms with Gasteiger partial charge in [0.15, 0.2) is 0 Å². The minimum atomic E-state index is -0.586. The molecule has 134 valence electrons. The Morgan fingerprint density at radius 1 is 1.04 bits per heavy atom. The van der Waals surface area contributed by atoms with Gasteiger partial charge in [0.1, 0.15) is 0 Å². The third-order valence-corrected chi connectivity index (χ3v) is 7.51. The second-order valence-corrected chi connectivity index (χ2v) is 8.60. The average Bonchev–Trinajstić information content (AvgIpc) is 3.31. The zero-order valence-corrected chi connectivity index (χ0v) is 15.7. The molecule has 1 nitrogen and oxygen atoms in total. The highest BCUT2D eigenvalue weighted by atomic mass is 16.3. The molecule has 1 heteroatoms. The first kappa shape index (κ1) is 17.1. The highest BCUT2D eigenvalue weighted by molar-refractivity contribution is 5.75. The fourth-order valence-electron chi connectivity index (χ4n) is 5.93. The molecule has 0 heterocycles. The molecule has 0 saturated heterocycles. The molecule has 1 aromatic rings. The van der Waals surface area contributed by atoms with Crippen molar-refractivity contribution in [1.29, 1.82) is 0 Å². The standard InChI is InChI=1S/C24H32O/c1-3-24(25,4-2)23-16-19(18-8-6-5-7-9-18)12-13-21(23)22-15-17-10-11-20(22)14-17/h5-9,12-13,16-17,20-23,25H,3-4,10-11,14-15H2,1-2H3/t17?,20?,21-,22?,23+/m1/s1. The van der Waals surface area contributed by atoms with E-state index in [9.17, 15) is 5.11 Å². The Hall–Kier alpha value is -1.34. The van der Waals surface area contributed by atoms with Crippen molar-refractivity contribution < 1.29 is 5.11 Å². The third kappa shape index (κ3) is 3.01. The Labute approximate surface area is 152 Å². The number of rotatable bonds is 5. The van der Waals surface area contributed by atoms with Crippen molar-refractivity contribution in [2.24, 2.45) is 29.6 Å². The van der Waals surface area contributed by atoms with Gasteiger partial charge in [0.05, 0.1) is 5.60 Å². The van der Waals surface area contributed by atoms with Crippen LogP contribution in [-0.4, -0.2) is 10.7 Å². The maximum atomic E-state index is 11.4. The van der Waals surface area contributed by atoms with Crippen molar-refractivity contribution in [2.45, 2.75) is 58.0 Å². The van der Waals surface area contributed by atoms with Crippen molar-refractivity contribution in [2.75, 3.05) is 0 Å². The normalized spacial score (nSPS) is 34.4. The molecular weight excluding hydrogens is 304 g/mol. The topological polar surface area (TPSA) is 20.2 Å². The highest BCUT2D eigenvalue weighted by Gasteiger charge is 2.48. The summed E-state index contributed by atoms with van der Waals surface area (Å²) >= 11 is 0. The van der Waals surface area contributed by atoms with Gasteiger partial charge in [-0.1, -0.05) is 68.8 Å². The average molecular weight is 337 g/mol. The van der Waals surface area contributed by atoms with E-state index in [2.05, 4.69) is 62.4 Å². The fourth-order valence-corrected chi connectivity index (χ4v) is 5.93. The fraction of sp³-hybridized carbons (Fsp3) is 0.583.